The summed E-state index contributed by atoms with van der Waals surface area (Å²) in [5.41, 5.74) is 2.65. The summed E-state index contributed by atoms with van der Waals surface area (Å²) < 4.78 is 5.66. The third kappa shape index (κ3) is 2.93. The number of nitrogens with zero attached hydrogens (tertiary/aromatic N) is 1. The number of rotatable bonds is 4. The third-order valence-corrected chi connectivity index (χ3v) is 3.44. The van der Waals surface area contributed by atoms with E-state index in [9.17, 15) is 4.79 Å². The second kappa shape index (κ2) is 5.89. The number of fused-ring (bicyclic) bond motifs is 1. The lowest BCUT2D eigenvalue weighted by Gasteiger charge is -2.15. The lowest BCUT2D eigenvalue weighted by atomic mass is 10.2. The van der Waals surface area contributed by atoms with Crippen LogP contribution in [0.4, 0.5) is 5.69 Å². The molecule has 1 aromatic heterocycles. The molecule has 0 saturated carbocycles. The lowest BCUT2D eigenvalue weighted by molar-refractivity contribution is -0.122. The van der Waals surface area contributed by atoms with Gasteiger partial charge in [0.1, 0.15) is 5.75 Å². The number of anilines is 1. The minimum atomic E-state index is -0.596. The molecular formula is C17H17N3O2. The van der Waals surface area contributed by atoms with Gasteiger partial charge in [-0.1, -0.05) is 29.8 Å². The lowest BCUT2D eigenvalue weighted by Crippen LogP contribution is -2.30. The van der Waals surface area contributed by atoms with Crippen LogP contribution in [0.2, 0.25) is 0 Å². The van der Waals surface area contributed by atoms with Gasteiger partial charge >= 0.3 is 0 Å². The van der Waals surface area contributed by atoms with Gasteiger partial charge in [0.2, 0.25) is 0 Å². The van der Waals surface area contributed by atoms with Crippen LogP contribution in [0, 0.1) is 6.92 Å². The molecule has 22 heavy (non-hydrogen) atoms. The van der Waals surface area contributed by atoms with Crippen molar-refractivity contribution in [3.63, 3.8) is 0 Å². The molecule has 5 heteroatoms. The number of amides is 1. The van der Waals surface area contributed by atoms with Crippen LogP contribution in [-0.2, 0) is 4.79 Å². The first-order valence-corrected chi connectivity index (χ1v) is 7.10. The highest BCUT2D eigenvalue weighted by atomic mass is 16.5. The van der Waals surface area contributed by atoms with Crippen LogP contribution in [0.3, 0.4) is 0 Å². The second-order valence-electron chi connectivity index (χ2n) is 5.20. The van der Waals surface area contributed by atoms with Crippen LogP contribution >= 0.6 is 0 Å². The minimum Gasteiger partial charge on any atom is -0.481 e. The second-order valence-corrected chi connectivity index (χ2v) is 5.20. The van der Waals surface area contributed by atoms with E-state index >= 15 is 0 Å². The van der Waals surface area contributed by atoms with Gasteiger partial charge in [0.25, 0.3) is 5.91 Å². The Labute approximate surface area is 128 Å². The molecule has 0 bridgehead atoms. The summed E-state index contributed by atoms with van der Waals surface area (Å²) in [6.45, 7) is 3.73. The molecule has 0 aliphatic carbocycles. The maximum Gasteiger partial charge on any atom is 0.265 e. The zero-order valence-corrected chi connectivity index (χ0v) is 12.5. The van der Waals surface area contributed by atoms with Gasteiger partial charge in [-0.15, -0.1) is 0 Å². The van der Waals surface area contributed by atoms with Crippen molar-refractivity contribution in [1.29, 1.82) is 0 Å². The van der Waals surface area contributed by atoms with Crippen LogP contribution in [-0.4, -0.2) is 22.2 Å². The maximum atomic E-state index is 12.3. The van der Waals surface area contributed by atoms with E-state index in [1.165, 1.54) is 0 Å². The molecule has 1 heterocycles. The first-order chi connectivity index (χ1) is 10.6. The van der Waals surface area contributed by atoms with Gasteiger partial charge < -0.3 is 10.1 Å². The number of carbonyl (C=O) groups excluding carboxylic acids is 1. The molecule has 2 aromatic carbocycles. The van der Waals surface area contributed by atoms with Crippen LogP contribution in [0.15, 0.2) is 48.7 Å². The Balaban J connectivity index is 1.71. The first kappa shape index (κ1) is 14.1. The molecule has 0 aliphatic rings. The van der Waals surface area contributed by atoms with E-state index in [1.54, 1.807) is 13.1 Å². The normalized spacial score (nSPS) is 12.1. The number of carbonyl (C=O) groups is 1. The quantitative estimate of drug-likeness (QED) is 0.776. The number of hydrogen-bond donors (Lipinski definition) is 2. The number of aromatic nitrogens is 2. The van der Waals surface area contributed by atoms with Crippen molar-refractivity contribution >= 4 is 22.5 Å². The molecule has 1 atom stereocenters. The third-order valence-electron chi connectivity index (χ3n) is 3.44. The number of benzene rings is 2. The molecule has 112 valence electrons. The SMILES string of the molecule is Cc1ccc(OC(C)C(=O)Nc2cccc3cn[nH]c23)cc1. The molecule has 0 fully saturated rings. The van der Waals surface area contributed by atoms with E-state index in [4.69, 9.17) is 4.74 Å². The Morgan fingerprint density at radius 1 is 1.23 bits per heavy atom. The fraction of sp³-hybridized carbons (Fsp3) is 0.176. The van der Waals surface area contributed by atoms with E-state index in [-0.39, 0.29) is 5.91 Å². The number of para-hydroxylation sites is 1. The predicted octanol–water partition coefficient (Wildman–Crippen LogP) is 3.28. The highest BCUT2D eigenvalue weighted by Crippen LogP contribution is 2.21. The Morgan fingerprint density at radius 2 is 2.00 bits per heavy atom. The predicted molar refractivity (Wildman–Crippen MR) is 86.0 cm³/mol. The summed E-state index contributed by atoms with van der Waals surface area (Å²) in [4.78, 5) is 12.3. The number of ether oxygens (including phenoxy) is 1. The van der Waals surface area contributed by atoms with Crippen molar-refractivity contribution in [3.05, 3.63) is 54.2 Å². The number of H-pyrrole nitrogens is 1. The summed E-state index contributed by atoms with van der Waals surface area (Å²) in [7, 11) is 0. The van der Waals surface area contributed by atoms with Gasteiger partial charge in [-0.25, -0.2) is 0 Å². The summed E-state index contributed by atoms with van der Waals surface area (Å²) in [6.07, 6.45) is 1.12. The number of nitrogens with one attached hydrogen (secondary N) is 2. The van der Waals surface area contributed by atoms with E-state index in [0.29, 0.717) is 11.4 Å². The molecule has 3 aromatic rings. The molecule has 5 nitrogen and oxygen atoms in total. The number of hydrogen-bond acceptors (Lipinski definition) is 3. The maximum absolute atomic E-state index is 12.3. The molecule has 0 radical (unpaired) electrons. The smallest absolute Gasteiger partial charge is 0.265 e. The molecule has 0 saturated heterocycles. The zero-order chi connectivity index (χ0) is 15.5. The van der Waals surface area contributed by atoms with Crippen molar-refractivity contribution in [2.75, 3.05) is 5.32 Å². The Hall–Kier alpha value is -2.82. The average molecular weight is 295 g/mol. The van der Waals surface area contributed by atoms with Crippen molar-refractivity contribution in [2.45, 2.75) is 20.0 Å². The van der Waals surface area contributed by atoms with Crippen LogP contribution in [0.5, 0.6) is 5.75 Å². The molecule has 0 spiro atoms. The minimum absolute atomic E-state index is 0.206. The summed E-state index contributed by atoms with van der Waals surface area (Å²) in [6, 6.07) is 13.2. The number of aromatic amines is 1. The topological polar surface area (TPSA) is 67.0 Å². The van der Waals surface area contributed by atoms with E-state index in [1.807, 2.05) is 49.4 Å². The average Bonchev–Trinajstić information content (AvgIpc) is 2.99. The Kier molecular flexibility index (Phi) is 3.78. The summed E-state index contributed by atoms with van der Waals surface area (Å²) in [5.74, 6) is 0.468. The highest BCUT2D eigenvalue weighted by Gasteiger charge is 2.16. The van der Waals surface area contributed by atoms with Crippen LogP contribution in [0.25, 0.3) is 10.9 Å². The fourth-order valence-electron chi connectivity index (χ4n) is 2.18. The standard InChI is InChI=1S/C17H17N3O2/c1-11-6-8-14(9-7-11)22-12(2)17(21)19-15-5-3-4-13-10-18-20-16(13)15/h3-10,12H,1-2H3,(H,18,20)(H,19,21). The molecule has 0 aliphatic heterocycles. The first-order valence-electron chi connectivity index (χ1n) is 7.10. The van der Waals surface area contributed by atoms with E-state index in [0.717, 1.165) is 16.5 Å². The molecule has 1 amide bonds. The Bertz CT molecular complexity index is 793. The molecule has 2 N–H and O–H groups in total. The van der Waals surface area contributed by atoms with Crippen molar-refractivity contribution in [2.24, 2.45) is 0 Å². The summed E-state index contributed by atoms with van der Waals surface area (Å²) in [5, 5.41) is 10.7. The van der Waals surface area contributed by atoms with E-state index < -0.39 is 6.10 Å². The molecule has 1 unspecified atom stereocenters. The van der Waals surface area contributed by atoms with Crippen LogP contribution < -0.4 is 10.1 Å². The van der Waals surface area contributed by atoms with Gasteiger partial charge in [-0.2, -0.15) is 5.10 Å². The van der Waals surface area contributed by atoms with Crippen molar-refractivity contribution in [1.82, 2.24) is 10.2 Å². The van der Waals surface area contributed by atoms with Gasteiger partial charge in [-0.05, 0) is 32.0 Å². The van der Waals surface area contributed by atoms with Crippen molar-refractivity contribution in [3.8, 4) is 5.75 Å². The molecule has 3 rings (SSSR count). The van der Waals surface area contributed by atoms with Crippen LogP contribution in [0.1, 0.15) is 12.5 Å². The zero-order valence-electron chi connectivity index (χ0n) is 12.5. The summed E-state index contributed by atoms with van der Waals surface area (Å²) >= 11 is 0. The fourth-order valence-corrected chi connectivity index (χ4v) is 2.18. The Morgan fingerprint density at radius 3 is 2.77 bits per heavy atom. The van der Waals surface area contributed by atoms with Crippen molar-refractivity contribution < 1.29 is 9.53 Å². The largest absolute Gasteiger partial charge is 0.481 e. The van der Waals surface area contributed by atoms with Gasteiger partial charge in [-0.3, -0.25) is 9.89 Å². The van der Waals surface area contributed by atoms with E-state index in [2.05, 4.69) is 15.5 Å². The monoisotopic (exact) mass is 295 g/mol. The number of aryl methyl sites for hydroxylation is 1. The highest BCUT2D eigenvalue weighted by molar-refractivity contribution is 6.01. The van der Waals surface area contributed by atoms with Gasteiger partial charge in [0, 0.05) is 5.39 Å². The van der Waals surface area contributed by atoms with Gasteiger partial charge in [0.15, 0.2) is 6.10 Å². The molecular weight excluding hydrogens is 278 g/mol. The van der Waals surface area contributed by atoms with Gasteiger partial charge in [0.05, 0.1) is 17.4 Å².